The molecule has 0 radical (unpaired) electrons. The van der Waals surface area contributed by atoms with E-state index in [1.165, 1.54) is 0 Å². The molecule has 1 fully saturated rings. The van der Waals surface area contributed by atoms with Crippen LogP contribution in [0.25, 0.3) is 0 Å². The maximum Gasteiger partial charge on any atom is 0.326 e. The summed E-state index contributed by atoms with van der Waals surface area (Å²) in [5.74, 6) is -0.598. The number of rotatable bonds is 6. The molecule has 1 saturated heterocycles. The van der Waals surface area contributed by atoms with Crippen LogP contribution in [-0.4, -0.2) is 36.1 Å². The van der Waals surface area contributed by atoms with Crippen LogP contribution in [0.15, 0.2) is 0 Å². The van der Waals surface area contributed by atoms with Crippen LogP contribution in [-0.2, 0) is 9.59 Å². The molecule has 0 spiro atoms. The smallest absolute Gasteiger partial charge is 0.326 e. The maximum atomic E-state index is 11.7. The summed E-state index contributed by atoms with van der Waals surface area (Å²) in [6.45, 7) is 5.64. The second-order valence-electron chi connectivity index (χ2n) is 5.36. The number of carboxylic acids is 1. The van der Waals surface area contributed by atoms with E-state index in [9.17, 15) is 9.59 Å². The second kappa shape index (κ2) is 7.36. The Kier molecular flexibility index (Phi) is 6.12. The molecule has 1 heterocycles. The molecule has 0 unspecified atom stereocenters. The van der Waals surface area contributed by atoms with Crippen LogP contribution in [0.5, 0.6) is 0 Å². The normalized spacial score (nSPS) is 18.6. The van der Waals surface area contributed by atoms with Gasteiger partial charge in [0, 0.05) is 6.42 Å². The number of piperidine rings is 1. The fourth-order valence-electron chi connectivity index (χ4n) is 2.26. The van der Waals surface area contributed by atoms with Gasteiger partial charge in [-0.15, -0.1) is 0 Å². The van der Waals surface area contributed by atoms with Crippen LogP contribution in [0.3, 0.4) is 0 Å². The van der Waals surface area contributed by atoms with Crippen LogP contribution in [0.1, 0.15) is 39.5 Å². The topological polar surface area (TPSA) is 78.4 Å². The molecular formula is C13H24N2O3. The fraction of sp³-hybridized carbons (Fsp3) is 0.846. The van der Waals surface area contributed by atoms with Crippen LogP contribution >= 0.6 is 0 Å². The minimum Gasteiger partial charge on any atom is -0.480 e. The predicted molar refractivity (Wildman–Crippen MR) is 69.2 cm³/mol. The minimum absolute atomic E-state index is 0.0923. The highest BCUT2D eigenvalue weighted by molar-refractivity contribution is 5.83. The van der Waals surface area contributed by atoms with Crippen molar-refractivity contribution < 1.29 is 14.7 Å². The van der Waals surface area contributed by atoms with Crippen molar-refractivity contribution in [3.05, 3.63) is 0 Å². The molecule has 104 valence electrons. The molecule has 5 nitrogen and oxygen atoms in total. The van der Waals surface area contributed by atoms with Crippen molar-refractivity contribution in [3.63, 3.8) is 0 Å². The summed E-state index contributed by atoms with van der Waals surface area (Å²) in [5.41, 5.74) is 0. The average Bonchev–Trinajstić information content (AvgIpc) is 2.34. The molecule has 0 aromatic rings. The number of hydrogen-bond acceptors (Lipinski definition) is 3. The molecule has 0 aliphatic carbocycles. The van der Waals surface area contributed by atoms with Crippen LogP contribution in [0.4, 0.5) is 0 Å². The third-order valence-corrected chi connectivity index (χ3v) is 3.49. The zero-order valence-electron chi connectivity index (χ0n) is 11.2. The zero-order valence-corrected chi connectivity index (χ0v) is 11.2. The van der Waals surface area contributed by atoms with Crippen molar-refractivity contribution in [1.29, 1.82) is 0 Å². The van der Waals surface area contributed by atoms with Crippen molar-refractivity contribution in [2.24, 2.45) is 11.8 Å². The largest absolute Gasteiger partial charge is 0.480 e. The lowest BCUT2D eigenvalue weighted by Crippen LogP contribution is -2.44. The van der Waals surface area contributed by atoms with Gasteiger partial charge >= 0.3 is 5.97 Å². The monoisotopic (exact) mass is 256 g/mol. The van der Waals surface area contributed by atoms with E-state index >= 15 is 0 Å². The number of carbonyl (C=O) groups is 2. The second-order valence-corrected chi connectivity index (χ2v) is 5.36. The molecule has 18 heavy (non-hydrogen) atoms. The number of amides is 1. The first kappa shape index (κ1) is 15.0. The van der Waals surface area contributed by atoms with Gasteiger partial charge in [0.2, 0.25) is 5.91 Å². The Bertz CT molecular complexity index is 286. The highest BCUT2D eigenvalue weighted by Crippen LogP contribution is 2.17. The highest BCUT2D eigenvalue weighted by atomic mass is 16.4. The Morgan fingerprint density at radius 2 is 1.94 bits per heavy atom. The van der Waals surface area contributed by atoms with Gasteiger partial charge < -0.3 is 15.7 Å². The van der Waals surface area contributed by atoms with Crippen molar-refractivity contribution in [1.82, 2.24) is 10.6 Å². The number of nitrogens with one attached hydrogen (secondary N) is 2. The van der Waals surface area contributed by atoms with Crippen molar-refractivity contribution >= 4 is 11.9 Å². The summed E-state index contributed by atoms with van der Waals surface area (Å²) >= 11 is 0. The van der Waals surface area contributed by atoms with Gasteiger partial charge in [-0.2, -0.15) is 0 Å². The molecule has 5 heteroatoms. The Morgan fingerprint density at radius 1 is 1.33 bits per heavy atom. The van der Waals surface area contributed by atoms with Crippen LogP contribution in [0, 0.1) is 11.8 Å². The molecular weight excluding hydrogens is 232 g/mol. The Morgan fingerprint density at radius 3 is 2.44 bits per heavy atom. The summed E-state index contributed by atoms with van der Waals surface area (Å²) in [5, 5.41) is 14.9. The number of carbonyl (C=O) groups excluding carboxylic acids is 1. The molecule has 3 N–H and O–H groups in total. The molecule has 0 saturated carbocycles. The summed E-state index contributed by atoms with van der Waals surface area (Å²) in [6.07, 6.45) is 3.51. The molecule has 0 aromatic carbocycles. The first-order valence-corrected chi connectivity index (χ1v) is 6.73. The number of hydrogen-bond donors (Lipinski definition) is 3. The molecule has 0 bridgehead atoms. The third-order valence-electron chi connectivity index (χ3n) is 3.49. The van der Waals surface area contributed by atoms with Crippen molar-refractivity contribution in [2.75, 3.05) is 13.1 Å². The lowest BCUT2D eigenvalue weighted by atomic mass is 9.93. The summed E-state index contributed by atoms with van der Waals surface area (Å²) in [4.78, 5) is 22.7. The first-order chi connectivity index (χ1) is 8.50. The number of carboxylic acid groups (broad SMARTS) is 1. The van der Waals surface area contributed by atoms with E-state index < -0.39 is 12.0 Å². The van der Waals surface area contributed by atoms with Gasteiger partial charge in [-0.25, -0.2) is 4.79 Å². The molecule has 1 amide bonds. The van der Waals surface area contributed by atoms with E-state index in [-0.39, 0.29) is 11.8 Å². The third kappa shape index (κ3) is 5.04. The van der Waals surface area contributed by atoms with E-state index in [0.29, 0.717) is 12.3 Å². The van der Waals surface area contributed by atoms with Gasteiger partial charge in [0.1, 0.15) is 6.04 Å². The summed E-state index contributed by atoms with van der Waals surface area (Å²) in [7, 11) is 0. The van der Waals surface area contributed by atoms with Gasteiger partial charge in [-0.1, -0.05) is 13.8 Å². The lowest BCUT2D eigenvalue weighted by molar-refractivity contribution is -0.143. The molecule has 1 aliphatic rings. The standard InChI is InChI=1S/C13H24N2O3/c1-9(2)12(13(17)18)15-11(16)4-3-10-5-7-14-8-6-10/h9-10,12,14H,3-8H2,1-2H3,(H,15,16)(H,17,18)/t12-/m0/s1. The molecule has 1 aliphatic heterocycles. The predicted octanol–water partition coefficient (Wildman–Crippen LogP) is 0.992. The SMILES string of the molecule is CC(C)[C@H](NC(=O)CCC1CCNCC1)C(=O)O. The Hall–Kier alpha value is -1.10. The highest BCUT2D eigenvalue weighted by Gasteiger charge is 2.23. The number of aliphatic carboxylic acids is 1. The zero-order chi connectivity index (χ0) is 13.5. The molecule has 0 aromatic heterocycles. The Balaban J connectivity index is 2.29. The molecule has 1 atom stereocenters. The van der Waals surface area contributed by atoms with Gasteiger partial charge in [-0.05, 0) is 44.2 Å². The Labute approximate surface area is 108 Å². The molecule has 1 rings (SSSR count). The van der Waals surface area contributed by atoms with E-state index in [4.69, 9.17) is 5.11 Å². The van der Waals surface area contributed by atoms with E-state index in [2.05, 4.69) is 10.6 Å². The van der Waals surface area contributed by atoms with Crippen LogP contribution in [0.2, 0.25) is 0 Å². The maximum absolute atomic E-state index is 11.7. The fourth-order valence-corrected chi connectivity index (χ4v) is 2.26. The first-order valence-electron chi connectivity index (χ1n) is 6.73. The van der Waals surface area contributed by atoms with Gasteiger partial charge in [0.25, 0.3) is 0 Å². The average molecular weight is 256 g/mol. The van der Waals surface area contributed by atoms with Gasteiger partial charge in [0.15, 0.2) is 0 Å². The van der Waals surface area contributed by atoms with E-state index in [0.717, 1.165) is 32.4 Å². The van der Waals surface area contributed by atoms with E-state index in [1.807, 2.05) is 0 Å². The summed E-state index contributed by atoms with van der Waals surface area (Å²) in [6, 6.07) is -0.773. The van der Waals surface area contributed by atoms with Gasteiger partial charge in [-0.3, -0.25) is 4.79 Å². The van der Waals surface area contributed by atoms with Crippen molar-refractivity contribution in [3.8, 4) is 0 Å². The quantitative estimate of drug-likeness (QED) is 0.662. The summed E-state index contributed by atoms with van der Waals surface area (Å²) < 4.78 is 0. The van der Waals surface area contributed by atoms with Crippen molar-refractivity contribution in [2.45, 2.75) is 45.6 Å². The van der Waals surface area contributed by atoms with E-state index in [1.54, 1.807) is 13.8 Å². The van der Waals surface area contributed by atoms with Gasteiger partial charge in [0.05, 0.1) is 0 Å². The van der Waals surface area contributed by atoms with Crippen LogP contribution < -0.4 is 10.6 Å². The lowest BCUT2D eigenvalue weighted by Gasteiger charge is -2.23. The minimum atomic E-state index is -0.958.